The molecule has 2 aromatic rings. The van der Waals surface area contributed by atoms with Crippen LogP contribution < -0.4 is 15.2 Å². The van der Waals surface area contributed by atoms with Gasteiger partial charge in [0, 0.05) is 60.1 Å². The van der Waals surface area contributed by atoms with E-state index in [1.165, 1.54) is 76.9 Å². The fourth-order valence-corrected chi connectivity index (χ4v) is 11.7. The molecule has 2 unspecified atom stereocenters. The molecule has 8 rings (SSSR count). The van der Waals surface area contributed by atoms with Gasteiger partial charge in [0.1, 0.15) is 11.5 Å². The average molecular weight is 840 g/mol. The van der Waals surface area contributed by atoms with Gasteiger partial charge >= 0.3 is 12.1 Å². The van der Waals surface area contributed by atoms with Gasteiger partial charge < -0.3 is 29.7 Å². The third kappa shape index (κ3) is 9.55. The zero-order valence-corrected chi connectivity index (χ0v) is 35.8. The van der Waals surface area contributed by atoms with Crippen LogP contribution >= 0.6 is 0 Å². The van der Waals surface area contributed by atoms with Gasteiger partial charge in [0.2, 0.25) is 15.9 Å². The van der Waals surface area contributed by atoms with Crippen LogP contribution in [-0.4, -0.2) is 125 Å². The minimum Gasteiger partial charge on any atom is -0.387 e. The van der Waals surface area contributed by atoms with E-state index in [1.807, 2.05) is 6.26 Å². The summed E-state index contributed by atoms with van der Waals surface area (Å²) in [6, 6.07) is 4.26. The predicted octanol–water partition coefficient (Wildman–Crippen LogP) is 3.33. The first-order valence-corrected chi connectivity index (χ1v) is 23.6. The summed E-state index contributed by atoms with van der Waals surface area (Å²) in [6.45, 7) is 1.22. The summed E-state index contributed by atoms with van der Waals surface area (Å²) >= 11 is 0. The molecule has 316 valence electrons. The molecule has 2 heterocycles. The van der Waals surface area contributed by atoms with Crippen molar-refractivity contribution < 1.29 is 36.0 Å². The number of sulfone groups is 1. The lowest BCUT2D eigenvalue weighted by Crippen LogP contribution is -2.39. The Hall–Kier alpha value is -4.40. The average Bonchev–Trinajstić information content (AvgIpc) is 4.00. The van der Waals surface area contributed by atoms with E-state index in [2.05, 4.69) is 17.4 Å². The Balaban J connectivity index is 0.000000164. The number of ether oxygens (including phenoxy) is 1. The van der Waals surface area contributed by atoms with Crippen LogP contribution in [0.15, 0.2) is 12.1 Å². The van der Waals surface area contributed by atoms with Gasteiger partial charge in [-0.2, -0.15) is 0 Å². The van der Waals surface area contributed by atoms with Crippen molar-refractivity contribution in [1.29, 1.82) is 5.26 Å². The van der Waals surface area contributed by atoms with Crippen LogP contribution in [0.4, 0.5) is 15.3 Å². The number of amides is 5. The number of carbonyl (C=O) groups is 3. The highest BCUT2D eigenvalue weighted by molar-refractivity contribution is 7.92. The molecule has 2 aliphatic heterocycles. The number of primary sulfonamides is 1. The number of urea groups is 2. The predicted molar refractivity (Wildman–Crippen MR) is 221 cm³/mol. The van der Waals surface area contributed by atoms with Gasteiger partial charge in [0.05, 0.1) is 10.5 Å². The lowest BCUT2D eigenvalue weighted by Gasteiger charge is -2.21. The summed E-state index contributed by atoms with van der Waals surface area (Å²) in [5.41, 5.74) is 11.3. The number of nitriles is 1. The third-order valence-corrected chi connectivity index (χ3v) is 15.6. The second-order valence-electron chi connectivity index (χ2n) is 16.6. The van der Waals surface area contributed by atoms with E-state index >= 15 is 0 Å². The number of hydrogen-bond donors (Lipinski definition) is 2. The Kier molecular flexibility index (Phi) is 13.3. The highest BCUT2D eigenvalue weighted by Crippen LogP contribution is 2.41. The molecule has 2 saturated heterocycles. The molecule has 58 heavy (non-hydrogen) atoms. The summed E-state index contributed by atoms with van der Waals surface area (Å²) in [4.78, 5) is 42.1. The maximum Gasteiger partial charge on any atom is 0.319 e. The molecular formula is C41H57N7O8S2. The minimum atomic E-state index is -3.62. The first-order valence-electron chi connectivity index (χ1n) is 20.3. The van der Waals surface area contributed by atoms with Crippen molar-refractivity contribution in [1.82, 2.24) is 19.6 Å². The highest BCUT2D eigenvalue weighted by Gasteiger charge is 2.38. The maximum atomic E-state index is 12.8. The van der Waals surface area contributed by atoms with E-state index in [4.69, 9.17) is 15.1 Å². The molecular weight excluding hydrogens is 783 g/mol. The standard InChI is InChI=1S/C21H29N3O4S.C13H13NO.C7H15N3O3S/c1-23(2)21(26)24-10-9-16(12-24)29(27,28)13-19(25)22-20-17-7-3-5-14(17)11-15-6-4-8-18(15)20;14-8-15-13-11-5-1-3-9(11)7-10-4-2-6-12(10)13;1-9(2)7(11)10-4-3-6(5-10)14(8,12)13/h11,16H,3-10,12-13H2,1-2H3,(H,22,25);7H,1-6H2;6H,3-5H2,1-2H3,(H2,8,12,13). The van der Waals surface area contributed by atoms with Crippen LogP contribution in [0.25, 0.3) is 0 Å². The number of anilines is 1. The summed E-state index contributed by atoms with van der Waals surface area (Å²) in [7, 11) is -0.574. The lowest BCUT2D eigenvalue weighted by molar-refractivity contribution is -0.113. The zero-order valence-electron chi connectivity index (χ0n) is 34.1. The molecule has 0 spiro atoms. The monoisotopic (exact) mass is 839 g/mol. The number of benzene rings is 2. The number of hydrogen-bond acceptors (Lipinski definition) is 9. The molecule has 3 N–H and O–H groups in total. The summed E-state index contributed by atoms with van der Waals surface area (Å²) in [5, 5.41) is 15.4. The summed E-state index contributed by atoms with van der Waals surface area (Å²) in [6.07, 6.45) is 15.6. The van der Waals surface area contributed by atoms with Gasteiger partial charge in [-0.05, 0) is 134 Å². The quantitative estimate of drug-likeness (QED) is 0.409. The lowest BCUT2D eigenvalue weighted by atomic mass is 9.98. The number of nitrogens with two attached hydrogens (primary N) is 1. The molecule has 0 aromatic heterocycles. The maximum absolute atomic E-state index is 12.8. The summed E-state index contributed by atoms with van der Waals surface area (Å²) < 4.78 is 52.8. The number of rotatable bonds is 6. The van der Waals surface area contributed by atoms with Gasteiger partial charge in [0.15, 0.2) is 9.84 Å². The molecule has 0 bridgehead atoms. The number of nitrogens with one attached hydrogen (secondary N) is 1. The van der Waals surface area contributed by atoms with Crippen LogP contribution in [0.2, 0.25) is 0 Å². The Labute approximate surface area is 342 Å². The van der Waals surface area contributed by atoms with E-state index in [0.29, 0.717) is 25.9 Å². The Bertz CT molecular complexity index is 2140. The van der Waals surface area contributed by atoms with Crippen molar-refractivity contribution in [3.05, 3.63) is 56.6 Å². The SMILES string of the molecule is CN(C)C(=O)N1CCC(S(=O)(=O)CC(=O)Nc2c3c(cc4c2CCC4)CCC3)C1.CN(C)C(=O)N1CCC(S(N)(=O)=O)C1.N#COc1c2c(cc3c1CCC3)CCC2. The Morgan fingerprint density at radius 1 is 0.724 bits per heavy atom. The second kappa shape index (κ2) is 17.8. The van der Waals surface area contributed by atoms with E-state index < -0.39 is 42.0 Å². The topological polar surface area (TPSA) is 204 Å². The molecule has 17 heteroatoms. The van der Waals surface area contributed by atoms with E-state index in [9.17, 15) is 31.2 Å². The summed E-state index contributed by atoms with van der Waals surface area (Å²) in [5.74, 6) is -0.0862. The molecule has 4 aliphatic carbocycles. The number of aryl methyl sites for hydroxylation is 4. The zero-order chi connectivity index (χ0) is 41.9. The second-order valence-corrected chi connectivity index (χ2v) is 20.8. The fourth-order valence-electron chi connectivity index (χ4n) is 9.31. The third-order valence-electron chi connectivity index (χ3n) is 12.2. The number of carbonyl (C=O) groups excluding carboxylic acids is 3. The molecule has 0 radical (unpaired) electrons. The van der Waals surface area contributed by atoms with Gasteiger partial charge in [-0.1, -0.05) is 12.1 Å². The van der Waals surface area contributed by atoms with Crippen LogP contribution in [0.1, 0.15) is 83.0 Å². The number of likely N-dealkylation sites (tertiary alicyclic amines) is 2. The van der Waals surface area contributed by atoms with Crippen LogP contribution in [0.5, 0.6) is 5.75 Å². The van der Waals surface area contributed by atoms with Crippen LogP contribution in [0.3, 0.4) is 0 Å². The number of fused-ring (bicyclic) bond motifs is 4. The van der Waals surface area contributed by atoms with Gasteiger partial charge in [-0.3, -0.25) is 4.79 Å². The van der Waals surface area contributed by atoms with Crippen molar-refractivity contribution in [2.75, 3.05) is 65.4 Å². The van der Waals surface area contributed by atoms with E-state index in [1.54, 1.807) is 28.2 Å². The van der Waals surface area contributed by atoms with Gasteiger partial charge in [0.25, 0.3) is 6.26 Å². The fraction of sp³-hybridized carbons (Fsp3) is 0.610. The van der Waals surface area contributed by atoms with Gasteiger partial charge in [-0.25, -0.2) is 31.6 Å². The smallest absolute Gasteiger partial charge is 0.319 e. The van der Waals surface area contributed by atoms with Crippen molar-refractivity contribution >= 4 is 43.5 Å². The normalized spacial score (nSPS) is 20.1. The molecule has 2 atom stereocenters. The number of nitrogens with zero attached hydrogens (tertiary/aromatic N) is 5. The van der Waals surface area contributed by atoms with Crippen molar-refractivity contribution in [2.24, 2.45) is 5.14 Å². The largest absolute Gasteiger partial charge is 0.387 e. The van der Waals surface area contributed by atoms with E-state index in [-0.39, 0.29) is 25.2 Å². The van der Waals surface area contributed by atoms with Gasteiger partial charge in [-0.15, -0.1) is 5.26 Å². The molecule has 2 fully saturated rings. The first kappa shape index (κ1) is 43.2. The minimum absolute atomic E-state index is 0.156. The van der Waals surface area contributed by atoms with Crippen molar-refractivity contribution in [2.45, 2.75) is 100 Å². The van der Waals surface area contributed by atoms with Crippen molar-refractivity contribution in [3.8, 4) is 12.0 Å². The molecule has 2 aromatic carbocycles. The molecule has 5 amide bonds. The Morgan fingerprint density at radius 2 is 1.14 bits per heavy atom. The van der Waals surface area contributed by atoms with Crippen LogP contribution in [0, 0.1) is 11.5 Å². The molecule has 0 saturated carbocycles. The van der Waals surface area contributed by atoms with Crippen molar-refractivity contribution in [3.63, 3.8) is 0 Å². The highest BCUT2D eigenvalue weighted by atomic mass is 32.2. The van der Waals surface area contributed by atoms with Crippen LogP contribution in [-0.2, 0) is 76.0 Å². The van der Waals surface area contributed by atoms with E-state index in [0.717, 1.165) is 75.6 Å². The first-order chi connectivity index (χ1) is 27.5. The molecule has 6 aliphatic rings. The Morgan fingerprint density at radius 3 is 1.55 bits per heavy atom. The molecule has 15 nitrogen and oxygen atoms in total. The number of sulfonamides is 1.